The Morgan fingerprint density at radius 3 is 2.10 bits per heavy atom. The Morgan fingerprint density at radius 1 is 1.10 bits per heavy atom. The van der Waals surface area contributed by atoms with Crippen LogP contribution in [0, 0.1) is 0 Å². The quantitative estimate of drug-likeness (QED) is 0.767. The number of benzene rings is 1. The van der Waals surface area contributed by atoms with Crippen molar-refractivity contribution in [2.24, 2.45) is 0 Å². The van der Waals surface area contributed by atoms with Gasteiger partial charge >= 0.3 is 0 Å². The second-order valence-electron chi connectivity index (χ2n) is 7.18. The molecule has 0 bridgehead atoms. The van der Waals surface area contributed by atoms with Crippen LogP contribution >= 0.6 is 11.6 Å². The maximum absolute atomic E-state index is 6.55. The number of likely N-dealkylation sites (N-methyl/N-ethyl adjacent to an activating group) is 1. The van der Waals surface area contributed by atoms with Crippen molar-refractivity contribution < 1.29 is 0 Å². The lowest BCUT2D eigenvalue weighted by molar-refractivity contribution is 0.170. The van der Waals surface area contributed by atoms with E-state index in [2.05, 4.69) is 69.7 Å². The lowest BCUT2D eigenvalue weighted by Crippen LogP contribution is -2.55. The summed E-state index contributed by atoms with van der Waals surface area (Å²) in [6, 6.07) is 7.64. The molecule has 3 heteroatoms. The van der Waals surface area contributed by atoms with E-state index in [0.717, 1.165) is 18.1 Å². The molecule has 20 heavy (non-hydrogen) atoms. The van der Waals surface area contributed by atoms with Gasteiger partial charge in [-0.1, -0.05) is 38.4 Å². The predicted octanol–water partition coefficient (Wildman–Crippen LogP) is 4.17. The van der Waals surface area contributed by atoms with Crippen LogP contribution in [0.25, 0.3) is 0 Å². The van der Waals surface area contributed by atoms with Crippen molar-refractivity contribution in [2.45, 2.75) is 52.1 Å². The highest BCUT2D eigenvalue weighted by molar-refractivity contribution is 6.33. The first-order chi connectivity index (χ1) is 9.20. The van der Waals surface area contributed by atoms with Crippen molar-refractivity contribution >= 4 is 17.3 Å². The Labute approximate surface area is 128 Å². The Hall–Kier alpha value is -0.730. The highest BCUT2D eigenvalue weighted by atomic mass is 35.5. The summed E-state index contributed by atoms with van der Waals surface area (Å²) in [6.07, 6.45) is 0. The van der Waals surface area contributed by atoms with E-state index in [1.54, 1.807) is 0 Å². The van der Waals surface area contributed by atoms with Crippen molar-refractivity contribution in [3.63, 3.8) is 0 Å². The van der Waals surface area contributed by atoms with Crippen LogP contribution in [-0.4, -0.2) is 37.1 Å². The van der Waals surface area contributed by atoms with Crippen LogP contribution < -0.4 is 4.90 Å². The van der Waals surface area contributed by atoms with E-state index in [-0.39, 0.29) is 5.41 Å². The number of anilines is 1. The summed E-state index contributed by atoms with van der Waals surface area (Å²) in [6.45, 7) is 13.3. The van der Waals surface area contributed by atoms with Crippen LogP contribution in [0.1, 0.15) is 40.2 Å². The molecule has 0 spiro atoms. The van der Waals surface area contributed by atoms with E-state index in [1.165, 1.54) is 11.3 Å². The van der Waals surface area contributed by atoms with Gasteiger partial charge in [-0.05, 0) is 44.0 Å². The van der Waals surface area contributed by atoms with E-state index in [9.17, 15) is 0 Å². The molecule has 1 fully saturated rings. The molecule has 1 aromatic rings. The SMILES string of the molecule is C[C@@H]1CN(c2ccc(C(C)(C)C)cc2Cl)C[C@H](C)N1C. The van der Waals surface area contributed by atoms with E-state index >= 15 is 0 Å². The summed E-state index contributed by atoms with van der Waals surface area (Å²) in [4.78, 5) is 4.86. The molecule has 2 nitrogen and oxygen atoms in total. The van der Waals surface area contributed by atoms with Crippen LogP contribution in [0.4, 0.5) is 5.69 Å². The van der Waals surface area contributed by atoms with Gasteiger partial charge < -0.3 is 4.90 Å². The zero-order valence-electron chi connectivity index (χ0n) is 13.6. The molecular formula is C17H27ClN2. The normalized spacial score (nSPS) is 25.1. The van der Waals surface area contributed by atoms with Gasteiger partial charge in [0.1, 0.15) is 0 Å². The van der Waals surface area contributed by atoms with Gasteiger partial charge in [0.15, 0.2) is 0 Å². The molecule has 112 valence electrons. The smallest absolute Gasteiger partial charge is 0.0642 e. The third-order valence-electron chi connectivity index (χ3n) is 4.51. The van der Waals surface area contributed by atoms with Crippen molar-refractivity contribution in [2.75, 3.05) is 25.0 Å². The number of hydrogen-bond acceptors (Lipinski definition) is 2. The molecule has 1 aromatic carbocycles. The fourth-order valence-corrected chi connectivity index (χ4v) is 3.13. The van der Waals surface area contributed by atoms with Crippen molar-refractivity contribution in [1.82, 2.24) is 4.90 Å². The molecule has 1 heterocycles. The monoisotopic (exact) mass is 294 g/mol. The van der Waals surface area contributed by atoms with Gasteiger partial charge in [0, 0.05) is 25.2 Å². The van der Waals surface area contributed by atoms with Gasteiger partial charge in [-0.25, -0.2) is 0 Å². The molecule has 0 unspecified atom stereocenters. The summed E-state index contributed by atoms with van der Waals surface area (Å²) >= 11 is 6.55. The van der Waals surface area contributed by atoms with Crippen LogP contribution in [0.5, 0.6) is 0 Å². The molecule has 0 radical (unpaired) electrons. The second kappa shape index (κ2) is 5.57. The van der Waals surface area contributed by atoms with E-state index in [1.807, 2.05) is 0 Å². The van der Waals surface area contributed by atoms with E-state index < -0.39 is 0 Å². The number of hydrogen-bond donors (Lipinski definition) is 0. The van der Waals surface area contributed by atoms with Crippen molar-refractivity contribution in [3.05, 3.63) is 28.8 Å². The molecule has 2 atom stereocenters. The average Bonchev–Trinajstić information content (AvgIpc) is 2.34. The molecule has 0 amide bonds. The Bertz CT molecular complexity index is 466. The summed E-state index contributed by atoms with van der Waals surface area (Å²) < 4.78 is 0. The van der Waals surface area contributed by atoms with Gasteiger partial charge in [-0.3, -0.25) is 4.90 Å². The third-order valence-corrected chi connectivity index (χ3v) is 4.82. The maximum Gasteiger partial charge on any atom is 0.0642 e. The van der Waals surface area contributed by atoms with Crippen LogP contribution in [0.3, 0.4) is 0 Å². The van der Waals surface area contributed by atoms with E-state index in [0.29, 0.717) is 12.1 Å². The Kier molecular flexibility index (Phi) is 4.36. The topological polar surface area (TPSA) is 6.48 Å². The molecule has 1 saturated heterocycles. The minimum absolute atomic E-state index is 0.144. The van der Waals surface area contributed by atoms with Gasteiger partial charge in [0.2, 0.25) is 0 Å². The Balaban J connectivity index is 2.26. The van der Waals surface area contributed by atoms with Gasteiger partial charge in [-0.2, -0.15) is 0 Å². The molecule has 0 aromatic heterocycles. The van der Waals surface area contributed by atoms with Crippen LogP contribution in [0.2, 0.25) is 5.02 Å². The summed E-state index contributed by atoms with van der Waals surface area (Å²) in [5.74, 6) is 0. The first kappa shape index (κ1) is 15.7. The fraction of sp³-hybridized carbons (Fsp3) is 0.647. The first-order valence-corrected chi connectivity index (χ1v) is 7.85. The number of rotatable bonds is 1. The number of nitrogens with zero attached hydrogens (tertiary/aromatic N) is 2. The molecular weight excluding hydrogens is 268 g/mol. The van der Waals surface area contributed by atoms with Crippen molar-refractivity contribution in [1.29, 1.82) is 0 Å². The zero-order chi connectivity index (χ0) is 15.1. The maximum atomic E-state index is 6.55. The van der Waals surface area contributed by atoms with Crippen LogP contribution in [0.15, 0.2) is 18.2 Å². The number of piperazine rings is 1. The average molecular weight is 295 g/mol. The lowest BCUT2D eigenvalue weighted by Gasteiger charge is -2.43. The summed E-state index contributed by atoms with van der Waals surface area (Å²) in [5.41, 5.74) is 2.61. The largest absolute Gasteiger partial charge is 0.367 e. The highest BCUT2D eigenvalue weighted by Gasteiger charge is 2.28. The van der Waals surface area contributed by atoms with E-state index in [4.69, 9.17) is 11.6 Å². The van der Waals surface area contributed by atoms with Gasteiger partial charge in [-0.15, -0.1) is 0 Å². The molecule has 0 saturated carbocycles. The lowest BCUT2D eigenvalue weighted by atomic mass is 9.87. The summed E-state index contributed by atoms with van der Waals surface area (Å²) in [5, 5.41) is 0.876. The molecule has 2 rings (SSSR count). The molecule has 1 aliphatic heterocycles. The third kappa shape index (κ3) is 3.12. The molecule has 1 aliphatic rings. The standard InChI is InChI=1S/C17H27ClN2/c1-12-10-20(11-13(2)19(12)6)16-8-7-14(9-15(16)18)17(3,4)5/h7-9,12-13H,10-11H2,1-6H3/t12-,13+. The predicted molar refractivity (Wildman–Crippen MR) is 89.1 cm³/mol. The summed E-state index contributed by atoms with van der Waals surface area (Å²) in [7, 11) is 2.21. The second-order valence-corrected chi connectivity index (χ2v) is 7.59. The van der Waals surface area contributed by atoms with Crippen LogP contribution in [-0.2, 0) is 5.41 Å². The highest BCUT2D eigenvalue weighted by Crippen LogP contribution is 2.33. The zero-order valence-corrected chi connectivity index (χ0v) is 14.3. The van der Waals surface area contributed by atoms with Gasteiger partial charge in [0.05, 0.1) is 10.7 Å². The molecule has 0 aliphatic carbocycles. The minimum Gasteiger partial charge on any atom is -0.367 e. The van der Waals surface area contributed by atoms with Gasteiger partial charge in [0.25, 0.3) is 0 Å². The minimum atomic E-state index is 0.144. The number of halogens is 1. The Morgan fingerprint density at radius 2 is 1.65 bits per heavy atom. The fourth-order valence-electron chi connectivity index (χ4n) is 2.83. The molecule has 0 N–H and O–H groups in total. The van der Waals surface area contributed by atoms with Crippen molar-refractivity contribution in [3.8, 4) is 0 Å². The first-order valence-electron chi connectivity index (χ1n) is 7.47.